The number of ether oxygens (including phenoxy) is 1. The molecule has 3 rings (SSSR count). The van der Waals surface area contributed by atoms with Crippen LogP contribution in [0.5, 0.6) is 0 Å². The average molecular weight is 415 g/mol. The van der Waals surface area contributed by atoms with Gasteiger partial charge in [-0.25, -0.2) is 13.2 Å². The van der Waals surface area contributed by atoms with Gasteiger partial charge in [-0.2, -0.15) is 0 Å². The minimum atomic E-state index is -3.69. The number of carbonyl (C=O) groups is 2. The third-order valence-corrected chi connectivity index (χ3v) is 5.70. The summed E-state index contributed by atoms with van der Waals surface area (Å²) in [4.78, 5) is 28.7. The predicted molar refractivity (Wildman–Crippen MR) is 107 cm³/mol. The molecule has 2 aromatic rings. The summed E-state index contributed by atoms with van der Waals surface area (Å²) in [5.41, 5.74) is 1.31. The number of benzene rings is 2. The van der Waals surface area contributed by atoms with Crippen molar-refractivity contribution in [3.05, 3.63) is 65.7 Å². The molecule has 2 N–H and O–H groups in total. The largest absolute Gasteiger partial charge is 0.451 e. The standard InChI is InChI=1S/C20H21N3O5S/c1-13(22-18-16-10-6-7-11-17(16)29(26,27)23-18)20(25)28-14(2)19(24)21-12-15-8-4-3-5-9-15/h3-11,13-14H,12H2,1-2H3,(H,21,24)(H,22,23)/t13-,14+/m0/s1. The summed E-state index contributed by atoms with van der Waals surface area (Å²) in [6.07, 6.45) is -1.01. The van der Waals surface area contributed by atoms with Crippen LogP contribution in [0.3, 0.4) is 0 Å². The van der Waals surface area contributed by atoms with Gasteiger partial charge in [0, 0.05) is 12.1 Å². The van der Waals surface area contributed by atoms with Crippen LogP contribution in [0.4, 0.5) is 0 Å². The monoisotopic (exact) mass is 415 g/mol. The highest BCUT2D eigenvalue weighted by Crippen LogP contribution is 2.22. The molecule has 1 aliphatic rings. The van der Waals surface area contributed by atoms with Crippen LogP contribution in [-0.4, -0.2) is 38.3 Å². The Hall–Kier alpha value is -3.20. The van der Waals surface area contributed by atoms with E-state index in [1.807, 2.05) is 30.3 Å². The zero-order chi connectivity index (χ0) is 21.0. The van der Waals surface area contributed by atoms with Gasteiger partial charge in [0.1, 0.15) is 11.9 Å². The molecule has 0 saturated carbocycles. The maximum Gasteiger partial charge on any atom is 0.331 e. The van der Waals surface area contributed by atoms with Crippen molar-refractivity contribution in [2.45, 2.75) is 37.4 Å². The number of hydrogen-bond acceptors (Lipinski definition) is 6. The third kappa shape index (κ3) is 4.80. The first-order valence-electron chi connectivity index (χ1n) is 9.00. The van der Waals surface area contributed by atoms with Crippen molar-refractivity contribution in [2.75, 3.05) is 0 Å². The molecular formula is C20H21N3O5S. The maximum atomic E-state index is 12.3. The number of sulfonamides is 1. The predicted octanol–water partition coefficient (Wildman–Crippen LogP) is 1.36. The molecule has 2 atom stereocenters. The molecule has 0 aliphatic carbocycles. The second-order valence-electron chi connectivity index (χ2n) is 6.54. The van der Waals surface area contributed by atoms with E-state index in [1.54, 1.807) is 18.2 Å². The number of rotatable bonds is 6. The topological polar surface area (TPSA) is 114 Å². The summed E-state index contributed by atoms with van der Waals surface area (Å²) in [5, 5.41) is 2.70. The van der Waals surface area contributed by atoms with Gasteiger partial charge in [0.15, 0.2) is 6.10 Å². The first-order valence-corrected chi connectivity index (χ1v) is 10.5. The minimum Gasteiger partial charge on any atom is -0.451 e. The van der Waals surface area contributed by atoms with Gasteiger partial charge in [0.25, 0.3) is 15.9 Å². The summed E-state index contributed by atoms with van der Waals surface area (Å²) in [6.45, 7) is 3.25. The SMILES string of the molecule is C[C@H](N=C1NS(=O)(=O)c2ccccc21)C(=O)O[C@H](C)C(=O)NCc1ccccc1. The quantitative estimate of drug-likeness (QED) is 0.692. The van der Waals surface area contributed by atoms with Crippen molar-refractivity contribution in [1.82, 2.24) is 10.0 Å². The number of aliphatic imine (C=N–C) groups is 1. The van der Waals surface area contributed by atoms with Gasteiger partial charge in [-0.3, -0.25) is 14.5 Å². The van der Waals surface area contributed by atoms with Gasteiger partial charge in [-0.05, 0) is 31.5 Å². The number of amides is 1. The van der Waals surface area contributed by atoms with Gasteiger partial charge in [0.05, 0.1) is 4.90 Å². The van der Waals surface area contributed by atoms with Crippen molar-refractivity contribution in [3.63, 3.8) is 0 Å². The van der Waals surface area contributed by atoms with Gasteiger partial charge < -0.3 is 10.1 Å². The number of nitrogens with one attached hydrogen (secondary N) is 2. The zero-order valence-corrected chi connectivity index (χ0v) is 16.8. The van der Waals surface area contributed by atoms with Gasteiger partial charge >= 0.3 is 5.97 Å². The van der Waals surface area contributed by atoms with E-state index < -0.39 is 34.0 Å². The van der Waals surface area contributed by atoms with Crippen molar-refractivity contribution in [3.8, 4) is 0 Å². The lowest BCUT2D eigenvalue weighted by molar-refractivity contribution is -0.155. The van der Waals surface area contributed by atoms with E-state index in [1.165, 1.54) is 19.9 Å². The van der Waals surface area contributed by atoms with Crippen molar-refractivity contribution < 1.29 is 22.7 Å². The second-order valence-corrected chi connectivity index (χ2v) is 8.19. The highest BCUT2D eigenvalue weighted by atomic mass is 32.2. The fraction of sp³-hybridized carbons (Fsp3) is 0.250. The molecular weight excluding hydrogens is 394 g/mol. The Kier molecular flexibility index (Phi) is 5.97. The van der Waals surface area contributed by atoms with Crippen LogP contribution in [0.1, 0.15) is 25.0 Å². The molecule has 8 nitrogen and oxygen atoms in total. The van der Waals surface area contributed by atoms with E-state index in [4.69, 9.17) is 4.74 Å². The van der Waals surface area contributed by atoms with Crippen molar-refractivity contribution >= 4 is 27.7 Å². The van der Waals surface area contributed by atoms with Gasteiger partial charge in [0.2, 0.25) is 0 Å². The summed E-state index contributed by atoms with van der Waals surface area (Å²) >= 11 is 0. The van der Waals surface area contributed by atoms with Crippen LogP contribution in [0.2, 0.25) is 0 Å². The number of hydrogen-bond donors (Lipinski definition) is 2. The van der Waals surface area contributed by atoms with Crippen LogP contribution >= 0.6 is 0 Å². The number of nitrogens with zero attached hydrogens (tertiary/aromatic N) is 1. The highest BCUT2D eigenvalue weighted by molar-refractivity contribution is 7.90. The van der Waals surface area contributed by atoms with E-state index in [9.17, 15) is 18.0 Å². The molecule has 9 heteroatoms. The Morgan fingerprint density at radius 1 is 1.07 bits per heavy atom. The maximum absolute atomic E-state index is 12.3. The Morgan fingerprint density at radius 3 is 2.45 bits per heavy atom. The average Bonchev–Trinajstić information content (AvgIpc) is 2.97. The normalized spacial score (nSPS) is 17.7. The number of esters is 1. The highest BCUT2D eigenvalue weighted by Gasteiger charge is 2.31. The van der Waals surface area contributed by atoms with Gasteiger partial charge in [-0.15, -0.1) is 0 Å². The molecule has 0 radical (unpaired) electrons. The summed E-state index contributed by atoms with van der Waals surface area (Å²) in [5.74, 6) is -1.09. The fourth-order valence-electron chi connectivity index (χ4n) is 2.73. The number of amidine groups is 1. The Labute approximate surface area is 169 Å². The Morgan fingerprint density at radius 2 is 1.72 bits per heavy atom. The first-order chi connectivity index (χ1) is 13.8. The second kappa shape index (κ2) is 8.44. The van der Waals surface area contributed by atoms with Crippen LogP contribution in [0, 0.1) is 0 Å². The van der Waals surface area contributed by atoms with E-state index in [-0.39, 0.29) is 10.7 Å². The molecule has 2 aromatic carbocycles. The number of fused-ring (bicyclic) bond motifs is 1. The molecule has 0 aromatic heterocycles. The zero-order valence-electron chi connectivity index (χ0n) is 16.0. The Bertz CT molecular complexity index is 1050. The molecule has 0 unspecified atom stereocenters. The molecule has 0 bridgehead atoms. The molecule has 0 saturated heterocycles. The van der Waals surface area contributed by atoms with Gasteiger partial charge in [-0.1, -0.05) is 42.5 Å². The number of carbonyl (C=O) groups excluding carboxylic acids is 2. The molecule has 1 amide bonds. The lowest BCUT2D eigenvalue weighted by atomic mass is 10.2. The van der Waals surface area contributed by atoms with Crippen molar-refractivity contribution in [2.24, 2.45) is 4.99 Å². The first kappa shape index (κ1) is 20.5. The van der Waals surface area contributed by atoms with Crippen LogP contribution in [0.25, 0.3) is 0 Å². The van der Waals surface area contributed by atoms with E-state index in [0.717, 1.165) is 5.56 Å². The molecule has 29 heavy (non-hydrogen) atoms. The molecule has 1 heterocycles. The fourth-order valence-corrected chi connectivity index (χ4v) is 3.97. The Balaban J connectivity index is 1.60. The van der Waals surface area contributed by atoms with Crippen LogP contribution in [-0.2, 0) is 30.9 Å². The van der Waals surface area contributed by atoms with E-state index in [0.29, 0.717) is 12.1 Å². The molecule has 0 spiro atoms. The third-order valence-electron chi connectivity index (χ3n) is 4.30. The van der Waals surface area contributed by atoms with E-state index >= 15 is 0 Å². The summed E-state index contributed by atoms with van der Waals surface area (Å²) < 4.78 is 31.7. The van der Waals surface area contributed by atoms with E-state index in [2.05, 4.69) is 15.0 Å². The van der Waals surface area contributed by atoms with Crippen LogP contribution in [0.15, 0.2) is 64.5 Å². The van der Waals surface area contributed by atoms with Crippen LogP contribution < -0.4 is 10.0 Å². The summed E-state index contributed by atoms with van der Waals surface area (Å²) in [7, 11) is -3.69. The lowest BCUT2D eigenvalue weighted by Crippen LogP contribution is -2.37. The van der Waals surface area contributed by atoms with Crippen molar-refractivity contribution in [1.29, 1.82) is 0 Å². The minimum absolute atomic E-state index is 0.0752. The molecule has 152 valence electrons. The summed E-state index contributed by atoms with van der Waals surface area (Å²) in [6, 6.07) is 14.7. The molecule has 1 aliphatic heterocycles. The smallest absolute Gasteiger partial charge is 0.331 e. The molecule has 0 fully saturated rings. The lowest BCUT2D eigenvalue weighted by Gasteiger charge is -2.15.